The van der Waals surface area contributed by atoms with Gasteiger partial charge in [0.2, 0.25) is 0 Å². The van der Waals surface area contributed by atoms with Crippen molar-refractivity contribution in [3.63, 3.8) is 0 Å². The van der Waals surface area contributed by atoms with E-state index < -0.39 is 11.7 Å². The first-order chi connectivity index (χ1) is 9.02. The molecule has 2 aliphatic rings. The number of fused-ring (bicyclic) bond motifs is 2. The Balaban J connectivity index is 1.82. The molecule has 1 aromatic heterocycles. The lowest BCUT2D eigenvalue weighted by Gasteiger charge is -2.42. The van der Waals surface area contributed by atoms with Crippen molar-refractivity contribution >= 4 is 5.69 Å². The van der Waals surface area contributed by atoms with Crippen molar-refractivity contribution in [3.05, 3.63) is 24.0 Å². The van der Waals surface area contributed by atoms with Gasteiger partial charge in [-0.05, 0) is 6.07 Å². The molecular formula is C12H14F3N3O. The lowest BCUT2D eigenvalue weighted by atomic mass is 10.1. The number of rotatable bonds is 1. The monoisotopic (exact) mass is 273 g/mol. The SMILES string of the molecule is FC(F)(F)c1cncc(N2CC3CNCC(C2)O3)c1. The Morgan fingerprint density at radius 1 is 1.21 bits per heavy atom. The Hall–Kier alpha value is -1.34. The van der Waals surface area contributed by atoms with E-state index in [1.54, 1.807) is 0 Å². The number of hydrogen-bond acceptors (Lipinski definition) is 4. The van der Waals surface area contributed by atoms with Gasteiger partial charge in [0.1, 0.15) is 0 Å². The molecule has 104 valence electrons. The average molecular weight is 273 g/mol. The maximum Gasteiger partial charge on any atom is 0.417 e. The Morgan fingerprint density at radius 3 is 2.53 bits per heavy atom. The molecule has 0 aliphatic carbocycles. The number of hydrogen-bond donors (Lipinski definition) is 1. The van der Waals surface area contributed by atoms with Crippen LogP contribution in [0.1, 0.15) is 5.56 Å². The van der Waals surface area contributed by atoms with Gasteiger partial charge in [0, 0.05) is 32.4 Å². The zero-order valence-electron chi connectivity index (χ0n) is 10.2. The molecule has 0 saturated carbocycles. The summed E-state index contributed by atoms with van der Waals surface area (Å²) in [5.41, 5.74) is -0.199. The number of alkyl halides is 3. The first-order valence-electron chi connectivity index (χ1n) is 6.16. The van der Waals surface area contributed by atoms with E-state index in [9.17, 15) is 13.2 Å². The number of nitrogens with one attached hydrogen (secondary N) is 1. The van der Waals surface area contributed by atoms with Crippen LogP contribution < -0.4 is 10.2 Å². The van der Waals surface area contributed by atoms with Crippen LogP contribution in [0.15, 0.2) is 18.5 Å². The molecule has 0 aromatic carbocycles. The highest BCUT2D eigenvalue weighted by Gasteiger charge is 2.34. The van der Waals surface area contributed by atoms with Gasteiger partial charge >= 0.3 is 6.18 Å². The van der Waals surface area contributed by atoms with E-state index in [1.807, 2.05) is 4.90 Å². The first-order valence-corrected chi connectivity index (χ1v) is 6.16. The fourth-order valence-corrected chi connectivity index (χ4v) is 2.52. The van der Waals surface area contributed by atoms with Crippen molar-refractivity contribution < 1.29 is 17.9 Å². The molecule has 3 heterocycles. The van der Waals surface area contributed by atoms with Crippen LogP contribution in [0.4, 0.5) is 18.9 Å². The van der Waals surface area contributed by atoms with E-state index in [4.69, 9.17) is 4.74 Å². The third kappa shape index (κ3) is 2.66. The fourth-order valence-electron chi connectivity index (χ4n) is 2.52. The second-order valence-corrected chi connectivity index (χ2v) is 4.87. The van der Waals surface area contributed by atoms with Gasteiger partial charge in [-0.15, -0.1) is 0 Å². The number of ether oxygens (including phenoxy) is 1. The lowest BCUT2D eigenvalue weighted by molar-refractivity contribution is -0.137. The molecule has 7 heteroatoms. The quantitative estimate of drug-likeness (QED) is 0.836. The zero-order chi connectivity index (χ0) is 13.5. The second kappa shape index (κ2) is 4.64. The first kappa shape index (κ1) is 12.7. The molecule has 1 N–H and O–H groups in total. The molecule has 0 amide bonds. The number of anilines is 1. The van der Waals surface area contributed by atoms with Gasteiger partial charge in [-0.25, -0.2) is 0 Å². The predicted molar refractivity (Wildman–Crippen MR) is 63.0 cm³/mol. The molecule has 2 atom stereocenters. The number of halogens is 3. The average Bonchev–Trinajstić information content (AvgIpc) is 2.37. The van der Waals surface area contributed by atoms with Gasteiger partial charge < -0.3 is 15.0 Å². The van der Waals surface area contributed by atoms with E-state index in [0.29, 0.717) is 18.8 Å². The van der Waals surface area contributed by atoms with Gasteiger partial charge in [0.05, 0.1) is 29.7 Å². The van der Waals surface area contributed by atoms with Crippen molar-refractivity contribution in [2.45, 2.75) is 18.4 Å². The summed E-state index contributed by atoms with van der Waals surface area (Å²) in [6.45, 7) is 2.65. The zero-order valence-corrected chi connectivity index (χ0v) is 10.2. The van der Waals surface area contributed by atoms with Crippen molar-refractivity contribution in [3.8, 4) is 0 Å². The summed E-state index contributed by atoms with van der Waals surface area (Å²) in [4.78, 5) is 5.62. The fraction of sp³-hybridized carbons (Fsp3) is 0.583. The molecule has 0 spiro atoms. The lowest BCUT2D eigenvalue weighted by Crippen LogP contribution is -2.58. The summed E-state index contributed by atoms with van der Waals surface area (Å²) in [5, 5.41) is 3.25. The Kier molecular flexibility index (Phi) is 3.10. The molecule has 2 bridgehead atoms. The largest absolute Gasteiger partial charge is 0.417 e. The summed E-state index contributed by atoms with van der Waals surface area (Å²) < 4.78 is 43.7. The van der Waals surface area contributed by atoms with Crippen LogP contribution >= 0.6 is 0 Å². The van der Waals surface area contributed by atoms with E-state index >= 15 is 0 Å². The molecule has 1 aromatic rings. The topological polar surface area (TPSA) is 37.4 Å². The van der Waals surface area contributed by atoms with Crippen LogP contribution in [0.3, 0.4) is 0 Å². The highest BCUT2D eigenvalue weighted by molar-refractivity contribution is 5.47. The Bertz CT molecular complexity index is 454. The van der Waals surface area contributed by atoms with Gasteiger partial charge in [-0.2, -0.15) is 13.2 Å². The predicted octanol–water partition coefficient (Wildman–Crippen LogP) is 1.28. The minimum Gasteiger partial charge on any atom is -0.369 e. The molecular weight excluding hydrogens is 259 g/mol. The van der Waals surface area contributed by atoms with Crippen LogP contribution in [-0.4, -0.2) is 43.4 Å². The van der Waals surface area contributed by atoms with E-state index in [2.05, 4.69) is 10.3 Å². The van der Waals surface area contributed by atoms with Gasteiger partial charge in [-0.1, -0.05) is 0 Å². The van der Waals surface area contributed by atoms with Crippen LogP contribution in [0.25, 0.3) is 0 Å². The molecule has 2 saturated heterocycles. The normalized spacial score (nSPS) is 27.4. The minimum absolute atomic E-state index is 0.0297. The molecule has 3 rings (SSSR count). The number of morpholine rings is 2. The number of nitrogens with zero attached hydrogens (tertiary/aromatic N) is 2. The standard InChI is InChI=1S/C12H14F3N3O/c13-12(14,15)8-1-9(3-16-2-8)18-6-10-4-17-5-11(7-18)19-10/h1-3,10-11,17H,4-7H2. The maximum absolute atomic E-state index is 12.7. The molecule has 2 unspecified atom stereocenters. The molecule has 4 nitrogen and oxygen atoms in total. The van der Waals surface area contributed by atoms with Gasteiger partial charge in [-0.3, -0.25) is 4.98 Å². The van der Waals surface area contributed by atoms with Gasteiger partial charge in [0.15, 0.2) is 0 Å². The highest BCUT2D eigenvalue weighted by atomic mass is 19.4. The maximum atomic E-state index is 12.7. The summed E-state index contributed by atoms with van der Waals surface area (Å²) in [5.74, 6) is 0. The Labute approximate surface area is 108 Å². The van der Waals surface area contributed by atoms with Crippen molar-refractivity contribution in [2.75, 3.05) is 31.1 Å². The van der Waals surface area contributed by atoms with Crippen LogP contribution in [0.5, 0.6) is 0 Å². The van der Waals surface area contributed by atoms with Crippen LogP contribution in [-0.2, 0) is 10.9 Å². The third-order valence-corrected chi connectivity index (χ3v) is 3.39. The minimum atomic E-state index is -4.35. The van der Waals surface area contributed by atoms with Crippen molar-refractivity contribution in [2.24, 2.45) is 0 Å². The van der Waals surface area contributed by atoms with E-state index in [0.717, 1.165) is 25.4 Å². The van der Waals surface area contributed by atoms with Crippen LogP contribution in [0.2, 0.25) is 0 Å². The van der Waals surface area contributed by atoms with E-state index in [-0.39, 0.29) is 12.2 Å². The molecule has 19 heavy (non-hydrogen) atoms. The molecule has 2 fully saturated rings. The van der Waals surface area contributed by atoms with Gasteiger partial charge in [0.25, 0.3) is 0 Å². The van der Waals surface area contributed by atoms with E-state index in [1.165, 1.54) is 6.20 Å². The summed E-state index contributed by atoms with van der Waals surface area (Å²) >= 11 is 0. The highest BCUT2D eigenvalue weighted by Crippen LogP contribution is 2.31. The van der Waals surface area contributed by atoms with Crippen molar-refractivity contribution in [1.29, 1.82) is 0 Å². The molecule has 2 aliphatic heterocycles. The second-order valence-electron chi connectivity index (χ2n) is 4.87. The smallest absolute Gasteiger partial charge is 0.369 e. The number of pyridine rings is 1. The molecule has 0 radical (unpaired) electrons. The van der Waals surface area contributed by atoms with Crippen LogP contribution in [0, 0.1) is 0 Å². The Morgan fingerprint density at radius 2 is 1.89 bits per heavy atom. The summed E-state index contributed by atoms with van der Waals surface area (Å²) in [7, 11) is 0. The third-order valence-electron chi connectivity index (χ3n) is 3.39. The number of aromatic nitrogens is 1. The van der Waals surface area contributed by atoms with Crippen molar-refractivity contribution in [1.82, 2.24) is 10.3 Å². The summed E-state index contributed by atoms with van der Waals surface area (Å²) in [6, 6.07) is 1.15. The summed E-state index contributed by atoms with van der Waals surface area (Å²) in [6.07, 6.45) is -1.97.